The summed E-state index contributed by atoms with van der Waals surface area (Å²) in [5, 5.41) is 0.0452. The van der Waals surface area contributed by atoms with Crippen LogP contribution in [-0.4, -0.2) is 20.1 Å². The summed E-state index contributed by atoms with van der Waals surface area (Å²) in [6, 6.07) is 9.57. The minimum Gasteiger partial charge on any atom is -0.465 e. The Balaban J connectivity index is 2.79. The van der Waals surface area contributed by atoms with E-state index in [9.17, 15) is 4.79 Å². The van der Waals surface area contributed by atoms with Crippen LogP contribution in [0.2, 0.25) is 0 Å². The van der Waals surface area contributed by atoms with E-state index in [1.165, 1.54) is 13.3 Å². The number of benzene rings is 1. The molecular formula is C11H12ClNO2. The molecule has 0 aromatic heterocycles. The molecule has 4 heteroatoms. The maximum Gasteiger partial charge on any atom is 0.350 e. The van der Waals surface area contributed by atoms with Crippen molar-refractivity contribution in [2.24, 2.45) is 0 Å². The number of hydrogen-bond acceptors (Lipinski definition) is 3. The van der Waals surface area contributed by atoms with Gasteiger partial charge in [0.1, 0.15) is 5.03 Å². The van der Waals surface area contributed by atoms with Crippen molar-refractivity contribution in [1.82, 2.24) is 0 Å². The molecule has 1 aromatic carbocycles. The summed E-state index contributed by atoms with van der Waals surface area (Å²) < 4.78 is 4.48. The largest absolute Gasteiger partial charge is 0.465 e. The van der Waals surface area contributed by atoms with Gasteiger partial charge >= 0.3 is 5.97 Å². The van der Waals surface area contributed by atoms with Crippen LogP contribution >= 0.6 is 11.6 Å². The van der Waals surface area contributed by atoms with E-state index in [0.29, 0.717) is 0 Å². The highest BCUT2D eigenvalue weighted by Gasteiger charge is 2.07. The van der Waals surface area contributed by atoms with Crippen molar-refractivity contribution >= 4 is 23.3 Å². The molecule has 0 aliphatic rings. The van der Waals surface area contributed by atoms with Gasteiger partial charge in [0.15, 0.2) is 0 Å². The number of nitrogens with zero attached hydrogens (tertiary/aromatic N) is 1. The second-order valence-corrected chi connectivity index (χ2v) is 3.32. The molecule has 0 saturated carbocycles. The van der Waals surface area contributed by atoms with Gasteiger partial charge in [0.05, 0.1) is 7.11 Å². The fraction of sp³-hybridized carbons (Fsp3) is 0.182. The maximum absolute atomic E-state index is 11.0. The lowest BCUT2D eigenvalue weighted by Crippen LogP contribution is -2.11. The molecule has 80 valence electrons. The number of esters is 1. The minimum absolute atomic E-state index is 0.0452. The van der Waals surface area contributed by atoms with Gasteiger partial charge in [0.25, 0.3) is 0 Å². The highest BCUT2D eigenvalue weighted by Crippen LogP contribution is 2.14. The number of halogens is 1. The van der Waals surface area contributed by atoms with Gasteiger partial charge in [-0.25, -0.2) is 4.79 Å². The first-order valence-corrected chi connectivity index (χ1v) is 4.76. The minimum atomic E-state index is -0.542. The lowest BCUT2D eigenvalue weighted by molar-refractivity contribution is -0.135. The average Bonchev–Trinajstić information content (AvgIpc) is 2.29. The molecule has 0 spiro atoms. The molecule has 0 aliphatic carbocycles. The molecule has 15 heavy (non-hydrogen) atoms. The molecule has 0 heterocycles. The Morgan fingerprint density at radius 2 is 2.00 bits per heavy atom. The number of para-hydroxylation sites is 1. The first kappa shape index (κ1) is 11.6. The summed E-state index contributed by atoms with van der Waals surface area (Å²) in [7, 11) is 3.10. The number of hydrogen-bond donors (Lipinski definition) is 0. The van der Waals surface area contributed by atoms with E-state index < -0.39 is 5.97 Å². The normalized spacial score (nSPS) is 11.0. The SMILES string of the molecule is COC(=O)/C(Cl)=C/N(C)c1ccccc1. The van der Waals surface area contributed by atoms with Crippen molar-refractivity contribution < 1.29 is 9.53 Å². The maximum atomic E-state index is 11.0. The molecule has 0 unspecified atom stereocenters. The Morgan fingerprint density at radius 1 is 1.40 bits per heavy atom. The molecular weight excluding hydrogens is 214 g/mol. The van der Waals surface area contributed by atoms with Crippen molar-refractivity contribution in [1.29, 1.82) is 0 Å². The van der Waals surface area contributed by atoms with Crippen molar-refractivity contribution in [3.05, 3.63) is 41.6 Å². The standard InChI is InChI=1S/C11H12ClNO2/c1-13(8-10(12)11(14)15-2)9-6-4-3-5-7-9/h3-8H,1-2H3/b10-8-. The molecule has 3 nitrogen and oxygen atoms in total. The van der Waals surface area contributed by atoms with E-state index >= 15 is 0 Å². The second-order valence-electron chi connectivity index (χ2n) is 2.92. The third kappa shape index (κ3) is 3.29. The van der Waals surface area contributed by atoms with Gasteiger partial charge in [-0.1, -0.05) is 29.8 Å². The van der Waals surface area contributed by atoms with Crippen LogP contribution in [0.5, 0.6) is 0 Å². The molecule has 0 N–H and O–H groups in total. The third-order valence-electron chi connectivity index (χ3n) is 1.85. The monoisotopic (exact) mass is 225 g/mol. The van der Waals surface area contributed by atoms with Gasteiger partial charge < -0.3 is 9.64 Å². The van der Waals surface area contributed by atoms with Gasteiger partial charge in [-0.05, 0) is 12.1 Å². The average molecular weight is 226 g/mol. The fourth-order valence-corrected chi connectivity index (χ4v) is 1.28. The molecule has 1 rings (SSSR count). The Hall–Kier alpha value is -1.48. The molecule has 0 bridgehead atoms. The van der Waals surface area contributed by atoms with E-state index in [1.807, 2.05) is 30.3 Å². The van der Waals surface area contributed by atoms with Crippen molar-refractivity contribution in [3.63, 3.8) is 0 Å². The lowest BCUT2D eigenvalue weighted by atomic mass is 10.3. The van der Waals surface area contributed by atoms with E-state index in [4.69, 9.17) is 11.6 Å². The molecule has 0 aliphatic heterocycles. The first-order valence-electron chi connectivity index (χ1n) is 4.38. The van der Waals surface area contributed by atoms with Crippen LogP contribution in [0.15, 0.2) is 41.6 Å². The molecule has 0 radical (unpaired) electrons. The zero-order valence-corrected chi connectivity index (χ0v) is 9.36. The lowest BCUT2D eigenvalue weighted by Gasteiger charge is -2.14. The van der Waals surface area contributed by atoms with Gasteiger partial charge in [0.2, 0.25) is 0 Å². The Morgan fingerprint density at radius 3 is 2.53 bits per heavy atom. The summed E-state index contributed by atoms with van der Waals surface area (Å²) in [6.45, 7) is 0. The quantitative estimate of drug-likeness (QED) is 0.584. The predicted molar refractivity (Wildman–Crippen MR) is 60.8 cm³/mol. The summed E-state index contributed by atoms with van der Waals surface area (Å²) in [5.41, 5.74) is 0.944. The number of rotatable bonds is 3. The van der Waals surface area contributed by atoms with Crippen molar-refractivity contribution in [3.8, 4) is 0 Å². The van der Waals surface area contributed by atoms with Crippen LogP contribution < -0.4 is 4.90 Å². The van der Waals surface area contributed by atoms with E-state index in [0.717, 1.165) is 5.69 Å². The molecule has 0 atom stereocenters. The highest BCUT2D eigenvalue weighted by molar-refractivity contribution is 6.41. The van der Waals surface area contributed by atoms with E-state index in [2.05, 4.69) is 4.74 Å². The summed E-state index contributed by atoms with van der Waals surface area (Å²) in [5.74, 6) is -0.542. The van der Waals surface area contributed by atoms with Gasteiger partial charge in [-0.3, -0.25) is 0 Å². The number of carbonyl (C=O) groups excluding carboxylic acids is 1. The van der Waals surface area contributed by atoms with Gasteiger partial charge in [-0.2, -0.15) is 0 Å². The van der Waals surface area contributed by atoms with Crippen LogP contribution in [0.4, 0.5) is 5.69 Å². The third-order valence-corrected chi connectivity index (χ3v) is 2.10. The molecule has 1 aromatic rings. The van der Waals surface area contributed by atoms with Crippen molar-refractivity contribution in [2.45, 2.75) is 0 Å². The van der Waals surface area contributed by atoms with Crippen LogP contribution in [0, 0.1) is 0 Å². The van der Waals surface area contributed by atoms with Crippen LogP contribution in [0.3, 0.4) is 0 Å². The highest BCUT2D eigenvalue weighted by atomic mass is 35.5. The number of methoxy groups -OCH3 is 1. The van der Waals surface area contributed by atoms with E-state index in [-0.39, 0.29) is 5.03 Å². The zero-order valence-electron chi connectivity index (χ0n) is 8.61. The smallest absolute Gasteiger partial charge is 0.350 e. The van der Waals surface area contributed by atoms with Gasteiger partial charge in [0, 0.05) is 18.9 Å². The molecule has 0 amide bonds. The zero-order chi connectivity index (χ0) is 11.3. The number of ether oxygens (including phenoxy) is 1. The Kier molecular flexibility index (Phi) is 4.18. The van der Waals surface area contributed by atoms with Crippen molar-refractivity contribution in [2.75, 3.05) is 19.1 Å². The summed E-state index contributed by atoms with van der Waals surface area (Å²) >= 11 is 5.72. The van der Waals surface area contributed by atoms with Crippen LogP contribution in [0.1, 0.15) is 0 Å². The predicted octanol–water partition coefficient (Wildman–Crippen LogP) is 2.38. The van der Waals surface area contributed by atoms with Crippen LogP contribution in [-0.2, 0) is 9.53 Å². The number of carbonyl (C=O) groups is 1. The van der Waals surface area contributed by atoms with E-state index in [1.54, 1.807) is 11.9 Å². The molecule has 0 saturated heterocycles. The Labute approximate surface area is 93.9 Å². The Bertz CT molecular complexity index is 362. The molecule has 0 fully saturated rings. The van der Waals surface area contributed by atoms with Gasteiger partial charge in [-0.15, -0.1) is 0 Å². The number of anilines is 1. The van der Waals surface area contributed by atoms with Crippen LogP contribution in [0.25, 0.3) is 0 Å². The first-order chi connectivity index (χ1) is 7.15. The summed E-state index contributed by atoms with van der Waals surface area (Å²) in [6.07, 6.45) is 1.52. The topological polar surface area (TPSA) is 29.5 Å². The second kappa shape index (κ2) is 5.41. The fourth-order valence-electron chi connectivity index (χ4n) is 1.06. The summed E-state index contributed by atoms with van der Waals surface area (Å²) in [4.78, 5) is 12.8.